The highest BCUT2D eigenvalue weighted by Gasteiger charge is 2.30. The Labute approximate surface area is 177 Å². The molecule has 0 atom stereocenters. The number of nitro groups is 1. The van der Waals surface area contributed by atoms with Crippen molar-refractivity contribution >= 4 is 29.1 Å². The molecule has 7 heteroatoms. The van der Waals surface area contributed by atoms with E-state index in [0.717, 1.165) is 11.1 Å². The van der Waals surface area contributed by atoms with Gasteiger partial charge in [0.05, 0.1) is 10.5 Å². The summed E-state index contributed by atoms with van der Waals surface area (Å²) in [6.07, 6.45) is 1.66. The van der Waals surface area contributed by atoms with Crippen LogP contribution in [0.1, 0.15) is 27.0 Å². The van der Waals surface area contributed by atoms with Gasteiger partial charge in [-0.1, -0.05) is 23.7 Å². The minimum Gasteiger partial charge on any atom is -0.488 e. The number of Topliss-reactive ketones (excluding diaryl/α,β-unsaturated/α-hetero) is 1. The Bertz CT molecular complexity index is 1180. The van der Waals surface area contributed by atoms with Gasteiger partial charge in [-0.05, 0) is 60.5 Å². The number of fused-ring (bicyclic) bond motifs is 1. The molecule has 150 valence electrons. The van der Waals surface area contributed by atoms with E-state index in [9.17, 15) is 14.9 Å². The first-order chi connectivity index (χ1) is 14.4. The Kier molecular flexibility index (Phi) is 5.25. The fourth-order valence-electron chi connectivity index (χ4n) is 3.15. The second-order valence-corrected chi connectivity index (χ2v) is 7.21. The van der Waals surface area contributed by atoms with Gasteiger partial charge in [0.1, 0.15) is 18.1 Å². The van der Waals surface area contributed by atoms with Crippen LogP contribution in [-0.2, 0) is 6.61 Å². The van der Waals surface area contributed by atoms with E-state index in [-0.39, 0.29) is 23.8 Å². The molecule has 0 N–H and O–H groups in total. The molecule has 3 aromatic carbocycles. The summed E-state index contributed by atoms with van der Waals surface area (Å²) >= 11 is 6.01. The predicted octanol–water partition coefficient (Wildman–Crippen LogP) is 5.75. The second-order valence-electron chi connectivity index (χ2n) is 6.77. The minimum absolute atomic E-state index is 0.0263. The van der Waals surface area contributed by atoms with Gasteiger partial charge < -0.3 is 9.47 Å². The molecular weight excluding hydrogens is 406 g/mol. The number of hydrogen-bond donors (Lipinski definition) is 0. The number of rotatable bonds is 5. The molecular formula is C23H16ClNO5. The number of halogens is 1. The Hall–Kier alpha value is -3.64. The van der Waals surface area contributed by atoms with Crippen molar-refractivity contribution in [1.82, 2.24) is 0 Å². The van der Waals surface area contributed by atoms with Crippen molar-refractivity contribution in [3.63, 3.8) is 0 Å². The zero-order valence-corrected chi connectivity index (χ0v) is 16.7. The van der Waals surface area contributed by atoms with Gasteiger partial charge in [0.25, 0.3) is 5.69 Å². The predicted molar refractivity (Wildman–Crippen MR) is 113 cm³/mol. The summed E-state index contributed by atoms with van der Waals surface area (Å²) in [6.45, 7) is 2.05. The first-order valence-electron chi connectivity index (χ1n) is 9.12. The lowest BCUT2D eigenvalue weighted by Crippen LogP contribution is -1.99. The van der Waals surface area contributed by atoms with E-state index in [1.807, 2.05) is 13.0 Å². The maximum Gasteiger partial charge on any atom is 0.269 e. The lowest BCUT2D eigenvalue weighted by atomic mass is 10.1. The number of benzene rings is 3. The number of ketones is 1. The summed E-state index contributed by atoms with van der Waals surface area (Å²) in [4.78, 5) is 23.0. The maximum absolute atomic E-state index is 12.7. The van der Waals surface area contributed by atoms with Gasteiger partial charge in [-0.25, -0.2) is 0 Å². The van der Waals surface area contributed by atoms with Gasteiger partial charge in [0.15, 0.2) is 5.76 Å². The molecule has 0 amide bonds. The Morgan fingerprint density at radius 3 is 2.60 bits per heavy atom. The van der Waals surface area contributed by atoms with Gasteiger partial charge in [-0.3, -0.25) is 14.9 Å². The zero-order valence-electron chi connectivity index (χ0n) is 15.9. The van der Waals surface area contributed by atoms with Crippen LogP contribution in [0.15, 0.2) is 66.4 Å². The first kappa shape index (κ1) is 19.7. The topological polar surface area (TPSA) is 78.7 Å². The largest absolute Gasteiger partial charge is 0.488 e. The second kappa shape index (κ2) is 8.00. The number of non-ortho nitro benzene ring substituents is 1. The third-order valence-corrected chi connectivity index (χ3v) is 4.96. The van der Waals surface area contributed by atoms with Crippen LogP contribution in [0.3, 0.4) is 0 Å². The summed E-state index contributed by atoms with van der Waals surface area (Å²) < 4.78 is 11.7. The highest BCUT2D eigenvalue weighted by Crippen LogP contribution is 2.39. The van der Waals surface area contributed by atoms with Crippen LogP contribution in [-0.4, -0.2) is 10.7 Å². The molecule has 0 aromatic heterocycles. The quantitative estimate of drug-likeness (QED) is 0.297. The molecule has 0 spiro atoms. The molecule has 1 heterocycles. The number of nitrogens with zero attached hydrogens (tertiary/aromatic N) is 1. The molecule has 0 aliphatic carbocycles. The molecule has 1 aliphatic heterocycles. The highest BCUT2D eigenvalue weighted by molar-refractivity contribution is 6.30. The van der Waals surface area contributed by atoms with Crippen molar-refractivity contribution in [3.05, 3.63) is 104 Å². The van der Waals surface area contributed by atoms with Crippen molar-refractivity contribution in [2.75, 3.05) is 0 Å². The molecule has 3 aromatic rings. The molecule has 0 bridgehead atoms. The number of hydrogen-bond acceptors (Lipinski definition) is 5. The minimum atomic E-state index is -0.446. The third kappa shape index (κ3) is 3.90. The Morgan fingerprint density at radius 1 is 1.13 bits per heavy atom. The lowest BCUT2D eigenvalue weighted by Gasteiger charge is -2.11. The monoisotopic (exact) mass is 421 g/mol. The number of nitro benzene ring substituents is 1. The van der Waals surface area contributed by atoms with Gasteiger partial charge >= 0.3 is 0 Å². The van der Waals surface area contributed by atoms with Crippen LogP contribution in [0, 0.1) is 17.0 Å². The van der Waals surface area contributed by atoms with Crippen LogP contribution in [0.2, 0.25) is 5.02 Å². The fraction of sp³-hybridized carbons (Fsp3) is 0.0870. The van der Waals surface area contributed by atoms with Crippen LogP contribution < -0.4 is 9.47 Å². The molecule has 6 nitrogen and oxygen atoms in total. The molecule has 30 heavy (non-hydrogen) atoms. The Morgan fingerprint density at radius 2 is 1.90 bits per heavy atom. The first-order valence-corrected chi connectivity index (χ1v) is 9.50. The van der Waals surface area contributed by atoms with Gasteiger partial charge in [0, 0.05) is 22.7 Å². The van der Waals surface area contributed by atoms with Crippen molar-refractivity contribution in [2.45, 2.75) is 13.5 Å². The van der Waals surface area contributed by atoms with E-state index in [4.69, 9.17) is 21.1 Å². The summed E-state index contributed by atoms with van der Waals surface area (Å²) in [5, 5.41) is 11.3. The van der Waals surface area contributed by atoms with Crippen LogP contribution >= 0.6 is 11.6 Å². The normalized spacial score (nSPS) is 13.8. The van der Waals surface area contributed by atoms with E-state index >= 15 is 0 Å². The van der Waals surface area contributed by atoms with E-state index < -0.39 is 4.92 Å². The molecule has 1 aliphatic rings. The number of carbonyl (C=O) groups excluding carboxylic acids is 1. The summed E-state index contributed by atoms with van der Waals surface area (Å²) in [5.41, 5.74) is 2.77. The SMILES string of the molecule is Cc1c(OCc2ccc([N+](=O)[O-])cc2)ccc2c1O/C(=C\c1cccc(Cl)c1)C2=O. The molecule has 0 radical (unpaired) electrons. The van der Waals surface area contributed by atoms with Crippen LogP contribution in [0.5, 0.6) is 11.5 Å². The van der Waals surface area contributed by atoms with Crippen molar-refractivity contribution in [3.8, 4) is 11.5 Å². The maximum atomic E-state index is 12.7. The molecule has 0 fully saturated rings. The number of carbonyl (C=O) groups is 1. The van der Waals surface area contributed by atoms with Crippen molar-refractivity contribution in [1.29, 1.82) is 0 Å². The lowest BCUT2D eigenvalue weighted by molar-refractivity contribution is -0.384. The summed E-state index contributed by atoms with van der Waals surface area (Å²) in [5.74, 6) is 1.07. The Balaban J connectivity index is 1.53. The van der Waals surface area contributed by atoms with Gasteiger partial charge in [0.2, 0.25) is 5.78 Å². The third-order valence-electron chi connectivity index (χ3n) is 4.72. The highest BCUT2D eigenvalue weighted by atomic mass is 35.5. The van der Waals surface area contributed by atoms with Crippen molar-refractivity contribution < 1.29 is 19.2 Å². The van der Waals surface area contributed by atoms with E-state index in [1.54, 1.807) is 48.5 Å². The number of allylic oxidation sites excluding steroid dienone is 1. The van der Waals surface area contributed by atoms with Crippen molar-refractivity contribution in [2.24, 2.45) is 0 Å². The molecule has 0 unspecified atom stereocenters. The average Bonchev–Trinajstić information content (AvgIpc) is 3.04. The van der Waals surface area contributed by atoms with E-state index in [1.165, 1.54) is 12.1 Å². The summed E-state index contributed by atoms with van der Waals surface area (Å²) in [7, 11) is 0. The molecule has 4 rings (SSSR count). The zero-order chi connectivity index (χ0) is 21.3. The standard InChI is InChI=1S/C23H16ClNO5/c1-14-20(29-13-15-5-7-18(8-6-15)25(27)28)10-9-19-22(26)21(30-23(14)19)12-16-3-2-4-17(24)11-16/h2-12H,13H2,1H3/b21-12-. The smallest absolute Gasteiger partial charge is 0.269 e. The fourth-order valence-corrected chi connectivity index (χ4v) is 3.35. The van der Waals surface area contributed by atoms with Gasteiger partial charge in [-0.15, -0.1) is 0 Å². The molecule has 0 saturated heterocycles. The molecule has 0 saturated carbocycles. The average molecular weight is 422 g/mol. The van der Waals surface area contributed by atoms with E-state index in [0.29, 0.717) is 27.6 Å². The van der Waals surface area contributed by atoms with E-state index in [2.05, 4.69) is 0 Å². The van der Waals surface area contributed by atoms with Crippen LogP contribution in [0.4, 0.5) is 5.69 Å². The number of ether oxygens (including phenoxy) is 2. The van der Waals surface area contributed by atoms with Gasteiger partial charge in [-0.2, -0.15) is 0 Å². The summed E-state index contributed by atoms with van der Waals surface area (Å²) in [6, 6.07) is 16.7. The van der Waals surface area contributed by atoms with Crippen LogP contribution in [0.25, 0.3) is 6.08 Å².